The van der Waals surface area contributed by atoms with Gasteiger partial charge >= 0.3 is 12.1 Å². The number of carbonyl (C=O) groups excluding carboxylic acids is 1. The summed E-state index contributed by atoms with van der Waals surface area (Å²) < 4.78 is 5.15. The molecule has 0 radical (unpaired) electrons. The standard InChI is InChI=1S/C16H21NO5/c1-15(2,3)22-14(21)17-11-6-4-10(5-7-11)16(8-9-16)12(18)13(19)20/h4-7,12,18H,8-9H2,1-3H3,(H,17,21)(H,19,20). The third kappa shape index (κ3) is 3.57. The van der Waals surface area contributed by atoms with Crippen molar-refractivity contribution in [3.05, 3.63) is 29.8 Å². The molecule has 0 aromatic heterocycles. The molecule has 120 valence electrons. The SMILES string of the molecule is CC(C)(C)OC(=O)Nc1ccc(C2(C(O)C(=O)O)CC2)cc1. The van der Waals surface area contributed by atoms with Crippen molar-refractivity contribution in [1.29, 1.82) is 0 Å². The van der Waals surface area contributed by atoms with Crippen LogP contribution < -0.4 is 5.32 Å². The van der Waals surface area contributed by atoms with Gasteiger partial charge in [-0.1, -0.05) is 12.1 Å². The smallest absolute Gasteiger partial charge is 0.412 e. The molecule has 0 aliphatic heterocycles. The Morgan fingerprint density at radius 1 is 1.23 bits per heavy atom. The average molecular weight is 307 g/mol. The lowest BCUT2D eigenvalue weighted by atomic mass is 9.90. The van der Waals surface area contributed by atoms with Crippen LogP contribution in [0.3, 0.4) is 0 Å². The average Bonchev–Trinajstić information content (AvgIpc) is 3.17. The minimum absolute atomic E-state index is 0.549. The van der Waals surface area contributed by atoms with Crippen molar-refractivity contribution in [3.8, 4) is 0 Å². The van der Waals surface area contributed by atoms with E-state index in [9.17, 15) is 14.7 Å². The van der Waals surface area contributed by atoms with Crippen molar-refractivity contribution in [3.63, 3.8) is 0 Å². The summed E-state index contributed by atoms with van der Waals surface area (Å²) in [6, 6.07) is 6.81. The first-order valence-corrected chi connectivity index (χ1v) is 7.15. The van der Waals surface area contributed by atoms with Crippen molar-refractivity contribution < 1.29 is 24.5 Å². The van der Waals surface area contributed by atoms with Gasteiger partial charge in [-0.2, -0.15) is 0 Å². The lowest BCUT2D eigenvalue weighted by Gasteiger charge is -2.21. The number of hydrogen-bond donors (Lipinski definition) is 3. The molecule has 1 aromatic carbocycles. The van der Waals surface area contributed by atoms with E-state index in [1.807, 2.05) is 0 Å². The van der Waals surface area contributed by atoms with Gasteiger partial charge in [0.25, 0.3) is 0 Å². The van der Waals surface area contributed by atoms with Crippen LogP contribution in [0, 0.1) is 0 Å². The molecule has 1 aliphatic rings. The number of aliphatic hydroxyl groups excluding tert-OH is 1. The van der Waals surface area contributed by atoms with Gasteiger partial charge in [0.1, 0.15) is 5.60 Å². The second-order valence-corrected chi connectivity index (χ2v) is 6.60. The molecule has 0 heterocycles. The van der Waals surface area contributed by atoms with E-state index in [1.165, 1.54) is 0 Å². The molecular weight excluding hydrogens is 286 g/mol. The van der Waals surface area contributed by atoms with Crippen molar-refractivity contribution in [2.45, 2.75) is 50.7 Å². The first kappa shape index (κ1) is 16.3. The molecule has 1 unspecified atom stereocenters. The van der Waals surface area contributed by atoms with Gasteiger partial charge < -0.3 is 14.9 Å². The zero-order chi connectivity index (χ0) is 16.5. The van der Waals surface area contributed by atoms with Crippen LogP contribution in [0.2, 0.25) is 0 Å². The van der Waals surface area contributed by atoms with Crippen LogP contribution in [0.25, 0.3) is 0 Å². The third-order valence-corrected chi connectivity index (χ3v) is 3.65. The highest BCUT2D eigenvalue weighted by Gasteiger charge is 2.53. The quantitative estimate of drug-likeness (QED) is 0.794. The van der Waals surface area contributed by atoms with E-state index in [1.54, 1.807) is 45.0 Å². The van der Waals surface area contributed by atoms with E-state index in [0.717, 1.165) is 5.56 Å². The van der Waals surface area contributed by atoms with Crippen LogP contribution in [0.5, 0.6) is 0 Å². The highest BCUT2D eigenvalue weighted by Crippen LogP contribution is 2.51. The minimum Gasteiger partial charge on any atom is -0.479 e. The maximum absolute atomic E-state index is 11.7. The maximum Gasteiger partial charge on any atom is 0.412 e. The Kier molecular flexibility index (Phi) is 4.15. The van der Waals surface area contributed by atoms with Gasteiger partial charge in [0.05, 0.1) is 0 Å². The number of amides is 1. The molecule has 1 amide bonds. The number of nitrogens with one attached hydrogen (secondary N) is 1. The Morgan fingerprint density at radius 3 is 2.18 bits per heavy atom. The van der Waals surface area contributed by atoms with Crippen LogP contribution in [-0.4, -0.2) is 34.0 Å². The highest BCUT2D eigenvalue weighted by atomic mass is 16.6. The third-order valence-electron chi connectivity index (χ3n) is 3.65. The van der Waals surface area contributed by atoms with Gasteiger partial charge in [0, 0.05) is 11.1 Å². The molecule has 1 atom stereocenters. The summed E-state index contributed by atoms with van der Waals surface area (Å²) in [5.74, 6) is -1.21. The van der Waals surface area contributed by atoms with Gasteiger partial charge in [-0.15, -0.1) is 0 Å². The first-order valence-electron chi connectivity index (χ1n) is 7.15. The number of aliphatic hydroxyl groups is 1. The Labute approximate surface area is 129 Å². The van der Waals surface area contributed by atoms with Crippen molar-refractivity contribution in [1.82, 2.24) is 0 Å². The lowest BCUT2D eigenvalue weighted by molar-refractivity contribution is -0.148. The van der Waals surface area contributed by atoms with Gasteiger partial charge in [0.2, 0.25) is 0 Å². The van der Waals surface area contributed by atoms with E-state index in [-0.39, 0.29) is 0 Å². The normalized spacial score (nSPS) is 17.5. The van der Waals surface area contributed by atoms with E-state index >= 15 is 0 Å². The topological polar surface area (TPSA) is 95.9 Å². The Hall–Kier alpha value is -2.08. The molecule has 1 fully saturated rings. The molecule has 1 aliphatic carbocycles. The number of ether oxygens (including phenoxy) is 1. The monoisotopic (exact) mass is 307 g/mol. The summed E-state index contributed by atoms with van der Waals surface area (Å²) in [4.78, 5) is 22.6. The highest BCUT2D eigenvalue weighted by molar-refractivity contribution is 5.85. The van der Waals surface area contributed by atoms with Gasteiger partial charge in [-0.25, -0.2) is 9.59 Å². The fraction of sp³-hybridized carbons (Fsp3) is 0.500. The summed E-state index contributed by atoms with van der Waals surface area (Å²) in [5, 5.41) is 21.4. The predicted octanol–water partition coefficient (Wildman–Crippen LogP) is 2.51. The number of hydrogen-bond acceptors (Lipinski definition) is 4. The van der Waals surface area contributed by atoms with Crippen molar-refractivity contribution in [2.24, 2.45) is 0 Å². The van der Waals surface area contributed by atoms with Crippen LogP contribution in [0.1, 0.15) is 39.2 Å². The van der Waals surface area contributed by atoms with Crippen LogP contribution in [-0.2, 0) is 14.9 Å². The molecule has 3 N–H and O–H groups in total. The molecule has 0 saturated heterocycles. The molecule has 1 aromatic rings. The fourth-order valence-electron chi connectivity index (χ4n) is 2.40. The van der Waals surface area contributed by atoms with E-state index in [4.69, 9.17) is 9.84 Å². The Bertz CT molecular complexity index is 569. The van der Waals surface area contributed by atoms with Gasteiger partial charge in [-0.05, 0) is 51.3 Å². The lowest BCUT2D eigenvalue weighted by Crippen LogP contribution is -2.33. The Balaban J connectivity index is 2.05. The van der Waals surface area contributed by atoms with E-state index in [2.05, 4.69) is 5.32 Å². The van der Waals surface area contributed by atoms with E-state index in [0.29, 0.717) is 18.5 Å². The number of rotatable bonds is 4. The summed E-state index contributed by atoms with van der Waals surface area (Å²) in [5.41, 5.74) is 0.0417. The first-order chi connectivity index (χ1) is 10.1. The second-order valence-electron chi connectivity index (χ2n) is 6.60. The molecule has 22 heavy (non-hydrogen) atoms. The summed E-state index contributed by atoms with van der Waals surface area (Å²) in [7, 11) is 0. The number of carbonyl (C=O) groups is 2. The number of anilines is 1. The summed E-state index contributed by atoms with van der Waals surface area (Å²) >= 11 is 0. The maximum atomic E-state index is 11.7. The van der Waals surface area contributed by atoms with Crippen molar-refractivity contribution >= 4 is 17.7 Å². The number of benzene rings is 1. The van der Waals surface area contributed by atoms with Crippen LogP contribution in [0.4, 0.5) is 10.5 Å². The fourth-order valence-corrected chi connectivity index (χ4v) is 2.40. The largest absolute Gasteiger partial charge is 0.479 e. The number of aliphatic carboxylic acids is 1. The summed E-state index contributed by atoms with van der Waals surface area (Å²) in [6.07, 6.45) is -0.678. The van der Waals surface area contributed by atoms with Crippen LogP contribution >= 0.6 is 0 Å². The molecule has 2 rings (SSSR count). The van der Waals surface area contributed by atoms with E-state index < -0.39 is 29.2 Å². The van der Waals surface area contributed by atoms with Gasteiger partial charge in [0.15, 0.2) is 6.10 Å². The number of carboxylic acid groups (broad SMARTS) is 1. The molecule has 1 saturated carbocycles. The van der Waals surface area contributed by atoms with Crippen LogP contribution in [0.15, 0.2) is 24.3 Å². The van der Waals surface area contributed by atoms with Gasteiger partial charge in [-0.3, -0.25) is 5.32 Å². The minimum atomic E-state index is -1.41. The zero-order valence-electron chi connectivity index (χ0n) is 12.9. The molecule has 0 bridgehead atoms. The number of carboxylic acids is 1. The van der Waals surface area contributed by atoms with Crippen molar-refractivity contribution in [2.75, 3.05) is 5.32 Å². The second kappa shape index (κ2) is 5.61. The molecule has 0 spiro atoms. The zero-order valence-corrected chi connectivity index (χ0v) is 12.9. The summed E-state index contributed by atoms with van der Waals surface area (Å²) in [6.45, 7) is 5.33. The molecule has 6 heteroatoms. The predicted molar refractivity (Wildman–Crippen MR) is 80.9 cm³/mol. The molecular formula is C16H21NO5. The Morgan fingerprint density at radius 2 is 1.77 bits per heavy atom. The molecule has 6 nitrogen and oxygen atoms in total.